The van der Waals surface area contributed by atoms with Gasteiger partial charge in [-0.15, -0.1) is 0 Å². The van der Waals surface area contributed by atoms with Gasteiger partial charge in [0.1, 0.15) is 5.60 Å². The molecule has 0 radical (unpaired) electrons. The van der Waals surface area contributed by atoms with Gasteiger partial charge in [-0.2, -0.15) is 11.3 Å². The molecule has 0 atom stereocenters. The van der Waals surface area contributed by atoms with Gasteiger partial charge >= 0.3 is 6.09 Å². The zero-order chi connectivity index (χ0) is 17.0. The van der Waals surface area contributed by atoms with E-state index >= 15 is 0 Å². The van der Waals surface area contributed by atoms with Gasteiger partial charge in [-0.3, -0.25) is 4.79 Å². The molecule has 0 bridgehead atoms. The number of nitrogens with zero attached hydrogens (tertiary/aromatic N) is 2. The molecule has 1 aliphatic rings. The number of rotatable bonds is 3. The highest BCUT2D eigenvalue weighted by atomic mass is 32.1. The van der Waals surface area contributed by atoms with Crippen LogP contribution in [0.4, 0.5) is 4.79 Å². The Morgan fingerprint density at radius 2 is 2.00 bits per heavy atom. The minimum Gasteiger partial charge on any atom is -0.444 e. The maximum absolute atomic E-state index is 12.3. The van der Waals surface area contributed by atoms with Crippen LogP contribution < -0.4 is 0 Å². The van der Waals surface area contributed by atoms with E-state index in [-0.39, 0.29) is 12.0 Å². The Hall–Kier alpha value is -1.56. The fourth-order valence-corrected chi connectivity index (χ4v) is 3.33. The number of carbonyl (C=O) groups excluding carboxylic acids is 2. The Labute approximate surface area is 142 Å². The van der Waals surface area contributed by atoms with Crippen LogP contribution in [0.2, 0.25) is 0 Å². The van der Waals surface area contributed by atoms with Crippen LogP contribution in [0.3, 0.4) is 0 Å². The lowest BCUT2D eigenvalue weighted by Crippen LogP contribution is -2.44. The van der Waals surface area contributed by atoms with Crippen LogP contribution >= 0.6 is 11.3 Å². The maximum Gasteiger partial charge on any atom is 0.410 e. The number of hydrogen-bond donors (Lipinski definition) is 0. The third-order valence-corrected chi connectivity index (χ3v) is 4.60. The molecule has 1 aromatic heterocycles. The Kier molecular flexibility index (Phi) is 5.68. The fraction of sp³-hybridized carbons (Fsp3) is 0.647. The minimum absolute atomic E-state index is 0.0702. The van der Waals surface area contributed by atoms with Crippen LogP contribution in [0, 0.1) is 5.92 Å². The van der Waals surface area contributed by atoms with Gasteiger partial charge in [0.2, 0.25) is 0 Å². The molecular weight excluding hydrogens is 312 g/mol. The number of thiophene rings is 1. The third kappa shape index (κ3) is 5.23. The van der Waals surface area contributed by atoms with Crippen molar-refractivity contribution in [2.45, 2.75) is 39.2 Å². The smallest absolute Gasteiger partial charge is 0.410 e. The summed E-state index contributed by atoms with van der Waals surface area (Å²) < 4.78 is 5.40. The monoisotopic (exact) mass is 338 g/mol. The highest BCUT2D eigenvalue weighted by molar-refractivity contribution is 7.08. The number of ether oxygens (including phenoxy) is 1. The van der Waals surface area contributed by atoms with Crippen molar-refractivity contribution < 1.29 is 14.3 Å². The van der Waals surface area contributed by atoms with Gasteiger partial charge < -0.3 is 14.5 Å². The molecule has 5 nitrogen and oxygen atoms in total. The molecule has 6 heteroatoms. The van der Waals surface area contributed by atoms with Gasteiger partial charge in [-0.25, -0.2) is 4.79 Å². The quantitative estimate of drug-likeness (QED) is 0.848. The molecule has 2 rings (SSSR count). The molecule has 1 saturated heterocycles. The summed E-state index contributed by atoms with van der Waals surface area (Å²) in [7, 11) is 1.85. The average molecular weight is 338 g/mol. The van der Waals surface area contributed by atoms with Gasteiger partial charge in [0.25, 0.3) is 5.91 Å². The molecule has 1 aliphatic heterocycles. The lowest BCUT2D eigenvalue weighted by atomic mass is 9.96. The first-order valence-electron chi connectivity index (χ1n) is 8.02. The molecular formula is C17H26N2O3S. The van der Waals surface area contributed by atoms with Gasteiger partial charge in [-0.05, 0) is 51.0 Å². The molecule has 23 heavy (non-hydrogen) atoms. The number of amides is 2. The molecule has 1 aromatic rings. The highest BCUT2D eigenvalue weighted by Gasteiger charge is 2.28. The Morgan fingerprint density at radius 3 is 2.52 bits per heavy atom. The summed E-state index contributed by atoms with van der Waals surface area (Å²) in [6.45, 7) is 7.75. The molecule has 0 aliphatic carbocycles. The second kappa shape index (κ2) is 7.34. The summed E-state index contributed by atoms with van der Waals surface area (Å²) in [4.78, 5) is 27.9. The zero-order valence-corrected chi connectivity index (χ0v) is 15.2. The Balaban J connectivity index is 1.78. The van der Waals surface area contributed by atoms with Crippen LogP contribution in [0.15, 0.2) is 16.8 Å². The van der Waals surface area contributed by atoms with Crippen molar-refractivity contribution in [2.75, 3.05) is 26.7 Å². The highest BCUT2D eigenvalue weighted by Crippen LogP contribution is 2.21. The second-order valence-electron chi connectivity index (χ2n) is 7.11. The Bertz CT molecular complexity index is 529. The standard InChI is InChI=1S/C17H26N2O3S/c1-17(2,3)22-16(21)19-8-5-13(6-9-19)11-18(4)15(20)14-7-10-23-12-14/h7,10,12-13H,5-6,8-9,11H2,1-4H3. The van der Waals surface area contributed by atoms with Crippen molar-refractivity contribution in [1.82, 2.24) is 9.80 Å². The minimum atomic E-state index is -0.457. The Morgan fingerprint density at radius 1 is 1.35 bits per heavy atom. The van der Waals surface area contributed by atoms with E-state index in [0.717, 1.165) is 24.9 Å². The molecule has 128 valence electrons. The van der Waals surface area contributed by atoms with Crippen molar-refractivity contribution >= 4 is 23.3 Å². The topological polar surface area (TPSA) is 49.9 Å². The van der Waals surface area contributed by atoms with Crippen molar-refractivity contribution in [1.29, 1.82) is 0 Å². The van der Waals surface area contributed by atoms with Crippen molar-refractivity contribution in [2.24, 2.45) is 5.92 Å². The van der Waals surface area contributed by atoms with Gasteiger partial charge in [-0.1, -0.05) is 0 Å². The van der Waals surface area contributed by atoms with Crippen molar-refractivity contribution in [3.63, 3.8) is 0 Å². The normalized spacial score (nSPS) is 16.3. The molecule has 1 fully saturated rings. The predicted octanol–water partition coefficient (Wildman–Crippen LogP) is 3.47. The lowest BCUT2D eigenvalue weighted by molar-refractivity contribution is 0.0171. The molecule has 2 heterocycles. The van der Waals surface area contributed by atoms with Crippen molar-refractivity contribution in [3.05, 3.63) is 22.4 Å². The molecule has 0 aromatic carbocycles. The molecule has 2 amide bonds. The summed E-state index contributed by atoms with van der Waals surface area (Å²) in [5.41, 5.74) is 0.296. The van der Waals surface area contributed by atoms with Crippen molar-refractivity contribution in [3.8, 4) is 0 Å². The van der Waals surface area contributed by atoms with E-state index in [4.69, 9.17) is 4.74 Å². The number of likely N-dealkylation sites (tertiary alicyclic amines) is 1. The van der Waals surface area contributed by atoms with Crippen LogP contribution in [0.1, 0.15) is 44.0 Å². The predicted molar refractivity (Wildman–Crippen MR) is 91.8 cm³/mol. The number of piperidine rings is 1. The third-order valence-electron chi connectivity index (χ3n) is 3.91. The van der Waals surface area contributed by atoms with E-state index in [1.165, 1.54) is 11.3 Å². The largest absolute Gasteiger partial charge is 0.444 e. The molecule has 0 unspecified atom stereocenters. The second-order valence-corrected chi connectivity index (χ2v) is 7.89. The van der Waals surface area contributed by atoms with E-state index in [0.29, 0.717) is 19.0 Å². The average Bonchev–Trinajstić information content (AvgIpc) is 2.99. The van der Waals surface area contributed by atoms with Gasteiger partial charge in [0.05, 0.1) is 5.56 Å². The SMILES string of the molecule is CN(CC1CCN(C(=O)OC(C)(C)C)CC1)C(=O)c1ccsc1. The van der Waals surface area contributed by atoms with E-state index in [2.05, 4.69) is 0 Å². The summed E-state index contributed by atoms with van der Waals surface area (Å²) in [5, 5.41) is 3.80. The van der Waals surface area contributed by atoms with Crippen LogP contribution in [0.25, 0.3) is 0 Å². The number of hydrogen-bond acceptors (Lipinski definition) is 4. The summed E-state index contributed by atoms with van der Waals surface area (Å²) >= 11 is 1.53. The fourth-order valence-electron chi connectivity index (χ4n) is 2.70. The van der Waals surface area contributed by atoms with Gasteiger partial charge in [0, 0.05) is 32.1 Å². The van der Waals surface area contributed by atoms with Gasteiger partial charge in [0.15, 0.2) is 0 Å². The summed E-state index contributed by atoms with van der Waals surface area (Å²) in [6.07, 6.45) is 1.57. The lowest BCUT2D eigenvalue weighted by Gasteiger charge is -2.34. The number of carbonyl (C=O) groups is 2. The van der Waals surface area contributed by atoms with Crippen LogP contribution in [0.5, 0.6) is 0 Å². The first kappa shape index (κ1) is 17.8. The van der Waals surface area contributed by atoms with Crippen LogP contribution in [-0.2, 0) is 4.74 Å². The van der Waals surface area contributed by atoms with Crippen LogP contribution in [-0.4, -0.2) is 54.1 Å². The summed E-state index contributed by atoms with van der Waals surface area (Å²) in [5.74, 6) is 0.502. The van der Waals surface area contributed by atoms with E-state index in [1.807, 2.05) is 44.6 Å². The molecule has 0 saturated carbocycles. The first-order valence-corrected chi connectivity index (χ1v) is 8.96. The zero-order valence-electron chi connectivity index (χ0n) is 14.4. The maximum atomic E-state index is 12.3. The first-order chi connectivity index (χ1) is 10.8. The van der Waals surface area contributed by atoms with E-state index < -0.39 is 5.60 Å². The van der Waals surface area contributed by atoms with E-state index in [9.17, 15) is 9.59 Å². The summed E-state index contributed by atoms with van der Waals surface area (Å²) in [6, 6.07) is 1.86. The molecule has 0 N–H and O–H groups in total. The molecule has 0 spiro atoms. The van der Waals surface area contributed by atoms with E-state index in [1.54, 1.807) is 9.80 Å².